The van der Waals surface area contributed by atoms with Crippen molar-refractivity contribution >= 4 is 29.6 Å². The second-order valence-corrected chi connectivity index (χ2v) is 9.96. The van der Waals surface area contributed by atoms with Gasteiger partial charge in [0.2, 0.25) is 0 Å². The van der Waals surface area contributed by atoms with E-state index in [4.69, 9.17) is 9.84 Å². The molecule has 0 spiro atoms. The highest BCUT2D eigenvalue weighted by atomic mass is 35.5. The smallest absolute Gasteiger partial charge is 0.176 e. The number of hydrogen-bond donors (Lipinski definition) is 1. The van der Waals surface area contributed by atoms with Gasteiger partial charge in [-0.1, -0.05) is 57.2 Å². The molecule has 1 heterocycles. The van der Waals surface area contributed by atoms with Crippen LogP contribution in [0.25, 0.3) is 0 Å². The van der Waals surface area contributed by atoms with Crippen LogP contribution < -0.4 is 20.4 Å². The first-order chi connectivity index (χ1) is 15.2. The number of halogens is 1. The van der Waals surface area contributed by atoms with Crippen molar-refractivity contribution in [2.45, 2.75) is 46.6 Å². The molecule has 0 aromatic heterocycles. The molecule has 33 heavy (non-hydrogen) atoms. The van der Waals surface area contributed by atoms with Crippen LogP contribution in [0.3, 0.4) is 0 Å². The first kappa shape index (κ1) is 24.5. The lowest BCUT2D eigenvalue weighted by molar-refractivity contribution is 0.0622. The maximum atomic E-state index is 6.30. The van der Waals surface area contributed by atoms with E-state index in [2.05, 4.69) is 52.2 Å². The number of amidine groups is 1. The van der Waals surface area contributed by atoms with E-state index in [0.29, 0.717) is 0 Å². The molecule has 5 nitrogen and oxygen atoms in total. The van der Waals surface area contributed by atoms with Gasteiger partial charge in [-0.3, -0.25) is 5.43 Å². The minimum atomic E-state index is -0.239. The highest BCUT2D eigenvalue weighted by Crippen LogP contribution is 2.31. The Bertz CT molecular complexity index is 1060. The van der Waals surface area contributed by atoms with E-state index in [0.717, 1.165) is 34.9 Å². The van der Waals surface area contributed by atoms with Gasteiger partial charge in [0.15, 0.2) is 5.84 Å². The predicted molar refractivity (Wildman–Crippen MR) is 140 cm³/mol. The average Bonchev–Trinajstić information content (AvgIpc) is 3.19. The van der Waals surface area contributed by atoms with Crippen molar-refractivity contribution in [1.29, 1.82) is 0 Å². The fraction of sp³-hybridized carbons (Fsp3) is 0.296. The van der Waals surface area contributed by atoms with E-state index in [1.807, 2.05) is 83.0 Å². The number of para-hydroxylation sites is 2. The SMILES string of the molecule is CC(C)(C)CC(C)(C)Oc1ccc(C2=NN(c3ccccc3)N(c3ccccc3)N2)cc1.Cl. The Hall–Kier alpha value is -3.18. The van der Waals surface area contributed by atoms with Gasteiger partial charge >= 0.3 is 0 Å². The summed E-state index contributed by atoms with van der Waals surface area (Å²) in [7, 11) is 0. The maximum absolute atomic E-state index is 6.30. The van der Waals surface area contributed by atoms with Crippen LogP contribution in [0.4, 0.5) is 11.4 Å². The topological polar surface area (TPSA) is 40.1 Å². The molecule has 4 rings (SSSR count). The minimum absolute atomic E-state index is 0. The molecule has 0 radical (unpaired) electrons. The normalized spacial score (nSPS) is 13.8. The summed E-state index contributed by atoms with van der Waals surface area (Å²) >= 11 is 0. The molecule has 1 aliphatic rings. The van der Waals surface area contributed by atoms with Crippen molar-refractivity contribution < 1.29 is 4.74 Å². The molecule has 0 saturated carbocycles. The maximum Gasteiger partial charge on any atom is 0.176 e. The Labute approximate surface area is 203 Å². The lowest BCUT2D eigenvalue weighted by Gasteiger charge is -2.33. The fourth-order valence-electron chi connectivity index (χ4n) is 4.22. The molecule has 3 aromatic rings. The second kappa shape index (κ2) is 9.75. The summed E-state index contributed by atoms with van der Waals surface area (Å²) in [6.45, 7) is 11.0. The quantitative estimate of drug-likeness (QED) is 0.435. The molecular formula is C27H33ClN4O. The largest absolute Gasteiger partial charge is 0.488 e. The molecule has 0 saturated heterocycles. The van der Waals surface area contributed by atoms with Crippen molar-refractivity contribution in [3.8, 4) is 5.75 Å². The summed E-state index contributed by atoms with van der Waals surface area (Å²) in [5.41, 5.74) is 6.37. The Morgan fingerprint density at radius 1 is 0.758 bits per heavy atom. The predicted octanol–water partition coefficient (Wildman–Crippen LogP) is 6.81. The van der Waals surface area contributed by atoms with Gasteiger partial charge in [0, 0.05) is 5.56 Å². The third kappa shape index (κ3) is 6.20. The highest BCUT2D eigenvalue weighted by molar-refractivity contribution is 6.02. The zero-order valence-electron chi connectivity index (χ0n) is 19.9. The van der Waals surface area contributed by atoms with Crippen LogP contribution in [0.5, 0.6) is 5.75 Å². The van der Waals surface area contributed by atoms with Gasteiger partial charge in [-0.25, -0.2) is 0 Å². The number of nitrogens with zero attached hydrogens (tertiary/aromatic N) is 3. The Balaban J connectivity index is 0.00000306. The van der Waals surface area contributed by atoms with Gasteiger partial charge < -0.3 is 4.74 Å². The van der Waals surface area contributed by atoms with Gasteiger partial charge in [-0.2, -0.15) is 10.2 Å². The van der Waals surface area contributed by atoms with E-state index < -0.39 is 0 Å². The molecule has 0 aliphatic carbocycles. The Morgan fingerprint density at radius 2 is 1.30 bits per heavy atom. The standard InChI is InChI=1S/C27H32N4O.ClH/c1-26(2,3)20-27(4,5)32-24-18-16-21(17-19-24)25-28-30(22-12-8-6-9-13-22)31(29-25)23-14-10-7-11-15-23;/h6-19H,20H2,1-5H3,(H,28,29);1H. The monoisotopic (exact) mass is 464 g/mol. The summed E-state index contributed by atoms with van der Waals surface area (Å²) in [5.74, 6) is 1.64. The van der Waals surface area contributed by atoms with Crippen LogP contribution in [0.1, 0.15) is 46.6 Å². The molecule has 0 amide bonds. The Morgan fingerprint density at radius 3 is 1.85 bits per heavy atom. The molecule has 1 aliphatic heterocycles. The lowest BCUT2D eigenvalue weighted by Crippen LogP contribution is -2.44. The van der Waals surface area contributed by atoms with Gasteiger partial charge in [0.05, 0.1) is 11.4 Å². The summed E-state index contributed by atoms with van der Waals surface area (Å²) < 4.78 is 6.30. The number of hydrazone groups is 1. The van der Waals surface area contributed by atoms with Gasteiger partial charge in [0.1, 0.15) is 11.4 Å². The lowest BCUT2D eigenvalue weighted by atomic mass is 9.83. The van der Waals surface area contributed by atoms with Crippen molar-refractivity contribution in [2.24, 2.45) is 10.5 Å². The van der Waals surface area contributed by atoms with E-state index in [1.54, 1.807) is 0 Å². The molecule has 0 unspecified atom stereocenters. The number of benzene rings is 3. The molecule has 174 valence electrons. The first-order valence-electron chi connectivity index (χ1n) is 11.1. The average molecular weight is 465 g/mol. The number of anilines is 2. The number of rotatable bonds is 6. The van der Waals surface area contributed by atoms with Crippen LogP contribution in [0.15, 0.2) is 90.0 Å². The number of hydrogen-bond acceptors (Lipinski definition) is 5. The van der Waals surface area contributed by atoms with Crippen molar-refractivity contribution in [2.75, 3.05) is 10.2 Å². The van der Waals surface area contributed by atoms with Crippen LogP contribution >= 0.6 is 12.4 Å². The van der Waals surface area contributed by atoms with Gasteiger partial charge in [-0.05, 0) is 74.2 Å². The van der Waals surface area contributed by atoms with Crippen molar-refractivity contribution in [3.63, 3.8) is 0 Å². The third-order valence-electron chi connectivity index (χ3n) is 5.06. The summed E-state index contributed by atoms with van der Waals surface area (Å²) in [4.78, 5) is 0. The van der Waals surface area contributed by atoms with Crippen molar-refractivity contribution in [3.05, 3.63) is 90.5 Å². The summed E-state index contributed by atoms with van der Waals surface area (Å²) in [5, 5.41) is 8.69. The van der Waals surface area contributed by atoms with Gasteiger partial charge in [-0.15, -0.1) is 17.5 Å². The van der Waals surface area contributed by atoms with Crippen LogP contribution in [0.2, 0.25) is 0 Å². The summed E-state index contributed by atoms with van der Waals surface area (Å²) in [6, 6.07) is 28.4. The van der Waals surface area contributed by atoms with Gasteiger partial charge in [0.25, 0.3) is 0 Å². The molecule has 0 atom stereocenters. The Kier molecular flexibility index (Phi) is 7.23. The second-order valence-electron chi connectivity index (χ2n) is 9.96. The number of ether oxygens (including phenoxy) is 1. The number of hydrazine groups is 2. The molecule has 0 bridgehead atoms. The van der Waals surface area contributed by atoms with Crippen molar-refractivity contribution in [1.82, 2.24) is 5.43 Å². The fourth-order valence-corrected chi connectivity index (χ4v) is 4.22. The summed E-state index contributed by atoms with van der Waals surface area (Å²) in [6.07, 6.45) is 0.966. The van der Waals surface area contributed by atoms with E-state index in [-0.39, 0.29) is 23.4 Å². The van der Waals surface area contributed by atoms with E-state index in [9.17, 15) is 0 Å². The molecule has 1 N–H and O–H groups in total. The van der Waals surface area contributed by atoms with Crippen LogP contribution in [-0.4, -0.2) is 11.4 Å². The molecule has 0 fully saturated rings. The van der Waals surface area contributed by atoms with Crippen LogP contribution in [0, 0.1) is 5.41 Å². The molecular weight excluding hydrogens is 432 g/mol. The van der Waals surface area contributed by atoms with E-state index >= 15 is 0 Å². The highest BCUT2D eigenvalue weighted by Gasteiger charge is 2.28. The van der Waals surface area contributed by atoms with Crippen LogP contribution in [-0.2, 0) is 0 Å². The molecule has 6 heteroatoms. The first-order valence-corrected chi connectivity index (χ1v) is 11.1. The molecule has 3 aromatic carbocycles. The zero-order chi connectivity index (χ0) is 22.8. The minimum Gasteiger partial charge on any atom is -0.488 e. The number of nitrogens with one attached hydrogen (secondary N) is 1. The zero-order valence-corrected chi connectivity index (χ0v) is 20.8. The third-order valence-corrected chi connectivity index (χ3v) is 5.06. The van der Waals surface area contributed by atoms with E-state index in [1.165, 1.54) is 0 Å².